The van der Waals surface area contributed by atoms with Gasteiger partial charge in [-0.15, -0.1) is 0 Å². The second-order valence-electron chi connectivity index (χ2n) is 3.99. The van der Waals surface area contributed by atoms with Crippen molar-refractivity contribution < 1.29 is 0 Å². The van der Waals surface area contributed by atoms with Crippen molar-refractivity contribution in [1.29, 1.82) is 0 Å². The Morgan fingerprint density at radius 1 is 1.54 bits per heavy atom. The molecule has 1 aromatic heterocycles. The molecule has 1 N–H and O–H groups in total. The van der Waals surface area contributed by atoms with Crippen LogP contribution in [0.15, 0.2) is 6.07 Å². The summed E-state index contributed by atoms with van der Waals surface area (Å²) in [5.41, 5.74) is 1.21. The fourth-order valence-electron chi connectivity index (χ4n) is 1.36. The third-order valence-electron chi connectivity index (χ3n) is 2.37. The van der Waals surface area contributed by atoms with E-state index in [1.807, 2.05) is 6.07 Å². The molecule has 0 aromatic carbocycles. The standard InChI is InChI=1S/C10H14N2S/c1-6(2)8-5-9(13)12-10(11-8)7-3-4-7/h5-7H,3-4H2,1-2H3,(H,11,12,13). The van der Waals surface area contributed by atoms with Gasteiger partial charge in [-0.3, -0.25) is 0 Å². The highest BCUT2D eigenvalue weighted by Gasteiger charge is 2.26. The molecule has 0 atom stereocenters. The molecule has 0 aliphatic heterocycles. The number of nitrogens with one attached hydrogen (secondary N) is 1. The third-order valence-corrected chi connectivity index (χ3v) is 2.58. The Morgan fingerprint density at radius 3 is 2.77 bits per heavy atom. The highest BCUT2D eigenvalue weighted by atomic mass is 32.1. The maximum absolute atomic E-state index is 5.12. The minimum atomic E-state index is 0.502. The van der Waals surface area contributed by atoms with E-state index in [0.29, 0.717) is 11.8 Å². The summed E-state index contributed by atoms with van der Waals surface area (Å²) in [6.45, 7) is 4.33. The SMILES string of the molecule is CC(C)c1cc(=S)nc(C2CC2)[nH]1. The number of aromatic amines is 1. The smallest absolute Gasteiger partial charge is 0.130 e. The zero-order valence-electron chi connectivity index (χ0n) is 8.00. The molecule has 13 heavy (non-hydrogen) atoms. The minimum absolute atomic E-state index is 0.502. The van der Waals surface area contributed by atoms with Crippen molar-refractivity contribution >= 4 is 12.2 Å². The van der Waals surface area contributed by atoms with Crippen molar-refractivity contribution in [1.82, 2.24) is 9.97 Å². The quantitative estimate of drug-likeness (QED) is 0.733. The average Bonchev–Trinajstić information content (AvgIpc) is 2.85. The first kappa shape index (κ1) is 8.88. The lowest BCUT2D eigenvalue weighted by Gasteiger charge is -2.07. The van der Waals surface area contributed by atoms with E-state index in [9.17, 15) is 0 Å². The normalized spacial score (nSPS) is 16.5. The van der Waals surface area contributed by atoms with Crippen molar-refractivity contribution in [3.8, 4) is 0 Å². The van der Waals surface area contributed by atoms with Crippen molar-refractivity contribution in [3.05, 3.63) is 22.2 Å². The Hall–Kier alpha value is -0.700. The lowest BCUT2D eigenvalue weighted by Crippen LogP contribution is -1.99. The summed E-state index contributed by atoms with van der Waals surface area (Å²) in [5.74, 6) is 2.25. The van der Waals surface area contributed by atoms with Crippen molar-refractivity contribution in [2.24, 2.45) is 0 Å². The molecule has 1 aliphatic rings. The van der Waals surface area contributed by atoms with Gasteiger partial charge in [0.1, 0.15) is 10.5 Å². The van der Waals surface area contributed by atoms with Crippen LogP contribution >= 0.6 is 12.2 Å². The van der Waals surface area contributed by atoms with Crippen molar-refractivity contribution in [2.45, 2.75) is 38.5 Å². The summed E-state index contributed by atoms with van der Waals surface area (Å²) in [5, 5.41) is 0. The first-order chi connectivity index (χ1) is 6.16. The highest BCUT2D eigenvalue weighted by Crippen LogP contribution is 2.38. The Morgan fingerprint density at radius 2 is 2.23 bits per heavy atom. The molecule has 0 bridgehead atoms. The van der Waals surface area contributed by atoms with Gasteiger partial charge >= 0.3 is 0 Å². The lowest BCUT2D eigenvalue weighted by atomic mass is 10.1. The zero-order chi connectivity index (χ0) is 9.42. The lowest BCUT2D eigenvalue weighted by molar-refractivity contribution is 0.780. The maximum atomic E-state index is 5.12. The molecule has 0 spiro atoms. The van der Waals surface area contributed by atoms with Crippen LogP contribution in [0, 0.1) is 4.64 Å². The fraction of sp³-hybridized carbons (Fsp3) is 0.600. The Balaban J connectivity index is 2.41. The number of rotatable bonds is 2. The van der Waals surface area contributed by atoms with Gasteiger partial charge in [-0.05, 0) is 24.8 Å². The molecular formula is C10H14N2S. The number of hydrogen-bond acceptors (Lipinski definition) is 2. The Kier molecular flexibility index (Phi) is 2.20. The summed E-state index contributed by atoms with van der Waals surface area (Å²) in [4.78, 5) is 7.71. The molecule has 2 rings (SSSR count). The predicted molar refractivity (Wildman–Crippen MR) is 55.5 cm³/mol. The van der Waals surface area contributed by atoms with Gasteiger partial charge in [-0.25, -0.2) is 4.98 Å². The van der Waals surface area contributed by atoms with Gasteiger partial charge in [0, 0.05) is 11.6 Å². The van der Waals surface area contributed by atoms with E-state index in [1.54, 1.807) is 0 Å². The van der Waals surface area contributed by atoms with Crippen LogP contribution in [0.1, 0.15) is 50.0 Å². The summed E-state index contributed by atoms with van der Waals surface area (Å²) in [6.07, 6.45) is 2.53. The molecule has 0 saturated heterocycles. The van der Waals surface area contributed by atoms with E-state index in [1.165, 1.54) is 18.5 Å². The molecule has 70 valence electrons. The molecule has 0 radical (unpaired) electrons. The van der Waals surface area contributed by atoms with Crippen molar-refractivity contribution in [3.63, 3.8) is 0 Å². The maximum Gasteiger partial charge on any atom is 0.130 e. The van der Waals surface area contributed by atoms with Gasteiger partial charge < -0.3 is 4.98 Å². The molecule has 2 nitrogen and oxygen atoms in total. The van der Waals surface area contributed by atoms with Crippen LogP contribution in [0.5, 0.6) is 0 Å². The van der Waals surface area contributed by atoms with Gasteiger partial charge in [-0.1, -0.05) is 26.1 Å². The highest BCUT2D eigenvalue weighted by molar-refractivity contribution is 7.71. The van der Waals surface area contributed by atoms with Crippen LogP contribution in [0.3, 0.4) is 0 Å². The molecule has 1 heterocycles. The zero-order valence-corrected chi connectivity index (χ0v) is 8.82. The first-order valence-electron chi connectivity index (χ1n) is 4.78. The molecule has 1 aromatic rings. The van der Waals surface area contributed by atoms with E-state index >= 15 is 0 Å². The monoisotopic (exact) mass is 194 g/mol. The molecule has 1 saturated carbocycles. The van der Waals surface area contributed by atoms with E-state index in [-0.39, 0.29) is 0 Å². The van der Waals surface area contributed by atoms with Crippen molar-refractivity contribution in [2.75, 3.05) is 0 Å². The van der Waals surface area contributed by atoms with E-state index in [0.717, 1.165) is 10.5 Å². The fourth-order valence-corrected chi connectivity index (χ4v) is 1.58. The van der Waals surface area contributed by atoms with Crippen LogP contribution in [-0.2, 0) is 0 Å². The Labute approximate surface area is 83.4 Å². The molecule has 1 fully saturated rings. The number of nitrogens with zero attached hydrogens (tertiary/aromatic N) is 1. The van der Waals surface area contributed by atoms with Crippen LogP contribution in [0.25, 0.3) is 0 Å². The molecular weight excluding hydrogens is 180 g/mol. The van der Waals surface area contributed by atoms with E-state index in [2.05, 4.69) is 23.8 Å². The summed E-state index contributed by atoms with van der Waals surface area (Å²) < 4.78 is 0.726. The van der Waals surface area contributed by atoms with Crippen LogP contribution in [0.2, 0.25) is 0 Å². The third kappa shape index (κ3) is 1.97. The second-order valence-corrected chi connectivity index (χ2v) is 4.41. The number of H-pyrrole nitrogens is 1. The largest absolute Gasteiger partial charge is 0.347 e. The van der Waals surface area contributed by atoms with Gasteiger partial charge in [0.25, 0.3) is 0 Å². The topological polar surface area (TPSA) is 28.7 Å². The summed E-state index contributed by atoms with van der Waals surface area (Å²) >= 11 is 5.12. The van der Waals surface area contributed by atoms with E-state index in [4.69, 9.17) is 12.2 Å². The summed E-state index contributed by atoms with van der Waals surface area (Å²) in [7, 11) is 0. The minimum Gasteiger partial charge on any atom is -0.347 e. The van der Waals surface area contributed by atoms with Gasteiger partial charge in [0.2, 0.25) is 0 Å². The number of aromatic nitrogens is 2. The van der Waals surface area contributed by atoms with Gasteiger partial charge in [0.15, 0.2) is 0 Å². The summed E-state index contributed by atoms with van der Waals surface area (Å²) in [6, 6.07) is 1.96. The first-order valence-corrected chi connectivity index (χ1v) is 5.19. The van der Waals surface area contributed by atoms with Crippen LogP contribution in [0.4, 0.5) is 0 Å². The van der Waals surface area contributed by atoms with Crippen LogP contribution < -0.4 is 0 Å². The van der Waals surface area contributed by atoms with E-state index < -0.39 is 0 Å². The average molecular weight is 194 g/mol. The van der Waals surface area contributed by atoms with Gasteiger partial charge in [0.05, 0.1) is 0 Å². The Bertz CT molecular complexity index is 340. The van der Waals surface area contributed by atoms with Crippen LogP contribution in [-0.4, -0.2) is 9.97 Å². The number of hydrogen-bond donors (Lipinski definition) is 1. The molecule has 0 unspecified atom stereocenters. The van der Waals surface area contributed by atoms with Gasteiger partial charge in [-0.2, -0.15) is 0 Å². The molecule has 3 heteroatoms. The molecule has 0 amide bonds. The second kappa shape index (κ2) is 3.22. The predicted octanol–water partition coefficient (Wildman–Crippen LogP) is 3.14. The molecule has 1 aliphatic carbocycles.